The molecule has 0 aliphatic heterocycles. The minimum absolute atomic E-state index is 0.957. The van der Waals surface area contributed by atoms with E-state index in [0.29, 0.717) is 0 Å². The van der Waals surface area contributed by atoms with Crippen molar-refractivity contribution < 1.29 is 0 Å². The molecule has 0 aliphatic carbocycles. The molecule has 2 rings (SSSR count). The van der Waals surface area contributed by atoms with Crippen molar-refractivity contribution in [2.24, 2.45) is 0 Å². The fourth-order valence-electron chi connectivity index (χ4n) is 1.42. The largest absolute Gasteiger partial charge is 0.218 e. The van der Waals surface area contributed by atoms with Gasteiger partial charge in [-0.15, -0.1) is 0 Å². The van der Waals surface area contributed by atoms with Crippen LogP contribution in [0.3, 0.4) is 0 Å². The number of pyridine rings is 1. The summed E-state index contributed by atoms with van der Waals surface area (Å²) in [7, 11) is 0. The third-order valence-electron chi connectivity index (χ3n) is 2.22. The van der Waals surface area contributed by atoms with E-state index in [1.807, 2.05) is 4.52 Å². The molecule has 0 aromatic carbocycles. The van der Waals surface area contributed by atoms with Crippen LogP contribution in [0, 0.1) is 20.8 Å². The van der Waals surface area contributed by atoms with Crippen molar-refractivity contribution in [2.45, 2.75) is 20.8 Å². The van der Waals surface area contributed by atoms with Gasteiger partial charge in [-0.05, 0) is 31.9 Å². The Morgan fingerprint density at radius 3 is 2.67 bits per heavy atom. The molecule has 0 aliphatic rings. The summed E-state index contributed by atoms with van der Waals surface area (Å²) in [5.41, 5.74) is 4.55. The maximum Gasteiger partial charge on any atom is 0.158 e. The zero-order valence-corrected chi connectivity index (χ0v) is 7.50. The molecule has 2 aromatic heterocycles. The van der Waals surface area contributed by atoms with Crippen LogP contribution in [0.5, 0.6) is 0 Å². The lowest BCUT2D eigenvalue weighted by Gasteiger charge is -2.04. The van der Waals surface area contributed by atoms with Crippen molar-refractivity contribution in [3.63, 3.8) is 0 Å². The summed E-state index contributed by atoms with van der Waals surface area (Å²) in [6.45, 7) is 6.19. The van der Waals surface area contributed by atoms with Gasteiger partial charge in [0.15, 0.2) is 5.65 Å². The first-order chi connectivity index (χ1) is 5.70. The predicted octanol–water partition coefficient (Wildman–Crippen LogP) is 1.65. The summed E-state index contributed by atoms with van der Waals surface area (Å²) in [6, 6.07) is 2.14. The van der Waals surface area contributed by atoms with E-state index >= 15 is 0 Å². The minimum atomic E-state index is 0.957. The lowest BCUT2D eigenvalue weighted by molar-refractivity contribution is 0.897. The maximum atomic E-state index is 4.17. The van der Waals surface area contributed by atoms with Crippen molar-refractivity contribution in [1.29, 1.82) is 0 Å². The van der Waals surface area contributed by atoms with Crippen molar-refractivity contribution in [1.82, 2.24) is 14.6 Å². The van der Waals surface area contributed by atoms with Crippen LogP contribution < -0.4 is 0 Å². The molecular formula is C9H11N3. The van der Waals surface area contributed by atoms with Gasteiger partial charge in [0, 0.05) is 5.69 Å². The molecule has 0 saturated carbocycles. The van der Waals surface area contributed by atoms with Crippen LogP contribution in [0.15, 0.2) is 12.4 Å². The molecular weight excluding hydrogens is 150 g/mol. The van der Waals surface area contributed by atoms with Crippen molar-refractivity contribution >= 4 is 5.65 Å². The van der Waals surface area contributed by atoms with Crippen LogP contribution in [0.25, 0.3) is 5.65 Å². The highest BCUT2D eigenvalue weighted by atomic mass is 15.3. The first-order valence-electron chi connectivity index (χ1n) is 3.96. The first kappa shape index (κ1) is 7.28. The van der Waals surface area contributed by atoms with Crippen LogP contribution in [-0.4, -0.2) is 14.6 Å². The van der Waals surface area contributed by atoms with E-state index in [1.54, 1.807) is 6.33 Å². The second-order valence-electron chi connectivity index (χ2n) is 3.09. The van der Waals surface area contributed by atoms with E-state index in [2.05, 4.69) is 36.9 Å². The third kappa shape index (κ3) is 0.826. The molecule has 0 atom stereocenters. The van der Waals surface area contributed by atoms with Gasteiger partial charge in [-0.1, -0.05) is 6.07 Å². The van der Waals surface area contributed by atoms with Crippen molar-refractivity contribution in [3.8, 4) is 0 Å². The summed E-state index contributed by atoms with van der Waals surface area (Å²) in [5.74, 6) is 0. The summed E-state index contributed by atoms with van der Waals surface area (Å²) in [6.07, 6.45) is 1.59. The Balaban J connectivity index is 2.97. The van der Waals surface area contributed by atoms with Gasteiger partial charge in [0.25, 0.3) is 0 Å². The maximum absolute atomic E-state index is 4.17. The zero-order chi connectivity index (χ0) is 8.72. The standard InChI is InChI=1S/C9H11N3/c1-6-4-7(2)9-10-5-11-12(9)8(6)3/h4-5H,1-3H3. The topological polar surface area (TPSA) is 30.2 Å². The summed E-state index contributed by atoms with van der Waals surface area (Å²) in [4.78, 5) is 4.17. The number of nitrogens with zero attached hydrogens (tertiary/aromatic N) is 3. The average molecular weight is 161 g/mol. The second-order valence-corrected chi connectivity index (χ2v) is 3.09. The molecule has 0 bridgehead atoms. The van der Waals surface area contributed by atoms with E-state index in [0.717, 1.165) is 11.3 Å². The Labute approximate surface area is 71.1 Å². The molecule has 0 unspecified atom stereocenters. The molecule has 12 heavy (non-hydrogen) atoms. The first-order valence-corrected chi connectivity index (χ1v) is 3.96. The minimum Gasteiger partial charge on any atom is -0.218 e. The Kier molecular flexibility index (Phi) is 1.40. The Morgan fingerprint density at radius 2 is 1.92 bits per heavy atom. The molecule has 0 saturated heterocycles. The highest BCUT2D eigenvalue weighted by molar-refractivity contribution is 5.48. The normalized spacial score (nSPS) is 10.9. The average Bonchev–Trinajstić information content (AvgIpc) is 2.48. The van der Waals surface area contributed by atoms with Gasteiger partial charge in [-0.3, -0.25) is 0 Å². The number of fused-ring (bicyclic) bond motifs is 1. The number of rotatable bonds is 0. The fraction of sp³-hybridized carbons (Fsp3) is 0.333. The van der Waals surface area contributed by atoms with E-state index in [4.69, 9.17) is 0 Å². The highest BCUT2D eigenvalue weighted by Gasteiger charge is 2.04. The van der Waals surface area contributed by atoms with E-state index in [1.165, 1.54) is 11.1 Å². The quantitative estimate of drug-likeness (QED) is 0.588. The lowest BCUT2D eigenvalue weighted by atomic mass is 10.2. The van der Waals surface area contributed by atoms with Gasteiger partial charge in [-0.2, -0.15) is 5.10 Å². The molecule has 0 amide bonds. The van der Waals surface area contributed by atoms with Crippen LogP contribution >= 0.6 is 0 Å². The predicted molar refractivity (Wildman–Crippen MR) is 47.2 cm³/mol. The number of aryl methyl sites for hydroxylation is 3. The second kappa shape index (κ2) is 2.30. The molecule has 2 heterocycles. The lowest BCUT2D eigenvalue weighted by Crippen LogP contribution is -1.98. The molecule has 2 aromatic rings. The van der Waals surface area contributed by atoms with Gasteiger partial charge in [0.1, 0.15) is 6.33 Å². The number of hydrogen-bond acceptors (Lipinski definition) is 2. The Morgan fingerprint density at radius 1 is 1.17 bits per heavy atom. The fourth-order valence-corrected chi connectivity index (χ4v) is 1.42. The molecule has 3 nitrogen and oxygen atoms in total. The van der Waals surface area contributed by atoms with Crippen molar-refractivity contribution in [2.75, 3.05) is 0 Å². The van der Waals surface area contributed by atoms with Gasteiger partial charge in [0.05, 0.1) is 0 Å². The smallest absolute Gasteiger partial charge is 0.158 e. The van der Waals surface area contributed by atoms with Crippen LogP contribution in [0.2, 0.25) is 0 Å². The molecule has 62 valence electrons. The van der Waals surface area contributed by atoms with Gasteiger partial charge in [-0.25, -0.2) is 9.50 Å². The summed E-state index contributed by atoms with van der Waals surface area (Å²) >= 11 is 0. The van der Waals surface area contributed by atoms with Gasteiger partial charge in [0.2, 0.25) is 0 Å². The van der Waals surface area contributed by atoms with Gasteiger partial charge < -0.3 is 0 Å². The molecule has 0 spiro atoms. The Hall–Kier alpha value is -1.38. The molecule has 0 N–H and O–H groups in total. The number of hydrogen-bond donors (Lipinski definition) is 0. The Bertz CT molecular complexity index is 429. The highest BCUT2D eigenvalue weighted by Crippen LogP contribution is 2.13. The SMILES string of the molecule is Cc1cc(C)c2ncnn2c1C. The molecule has 0 radical (unpaired) electrons. The van der Waals surface area contributed by atoms with Crippen molar-refractivity contribution in [3.05, 3.63) is 29.2 Å². The zero-order valence-electron chi connectivity index (χ0n) is 7.50. The van der Waals surface area contributed by atoms with Crippen LogP contribution in [-0.2, 0) is 0 Å². The summed E-state index contributed by atoms with van der Waals surface area (Å²) < 4.78 is 1.88. The van der Waals surface area contributed by atoms with Crippen LogP contribution in [0.4, 0.5) is 0 Å². The van der Waals surface area contributed by atoms with E-state index < -0.39 is 0 Å². The van der Waals surface area contributed by atoms with Crippen LogP contribution in [0.1, 0.15) is 16.8 Å². The van der Waals surface area contributed by atoms with E-state index in [-0.39, 0.29) is 0 Å². The third-order valence-corrected chi connectivity index (χ3v) is 2.22. The molecule has 0 fully saturated rings. The number of aromatic nitrogens is 3. The monoisotopic (exact) mass is 161 g/mol. The molecule has 3 heteroatoms. The van der Waals surface area contributed by atoms with E-state index in [9.17, 15) is 0 Å². The summed E-state index contributed by atoms with van der Waals surface area (Å²) in [5, 5.41) is 4.15. The van der Waals surface area contributed by atoms with Gasteiger partial charge >= 0.3 is 0 Å².